The molecule has 0 amide bonds. The second-order valence-electron chi connectivity index (χ2n) is 6.18. The minimum atomic E-state index is -0.0106. The van der Waals surface area contributed by atoms with Gasteiger partial charge in [-0.2, -0.15) is 0 Å². The number of thiazole rings is 1. The van der Waals surface area contributed by atoms with E-state index in [1.165, 1.54) is 16.9 Å². The molecule has 0 radical (unpaired) electrons. The number of halogens is 1. The molecule has 0 bridgehead atoms. The average Bonchev–Trinajstić information content (AvgIpc) is 2.97. The summed E-state index contributed by atoms with van der Waals surface area (Å²) in [5.74, 6) is 0. The summed E-state index contributed by atoms with van der Waals surface area (Å²) < 4.78 is 2.41. The van der Waals surface area contributed by atoms with Crippen molar-refractivity contribution in [2.24, 2.45) is 4.99 Å². The highest BCUT2D eigenvalue weighted by molar-refractivity contribution is 7.07. The molecule has 4 nitrogen and oxygen atoms in total. The minimum absolute atomic E-state index is 0.0106. The lowest BCUT2D eigenvalue weighted by atomic mass is 10.1. The molecule has 1 aromatic heterocycles. The van der Waals surface area contributed by atoms with E-state index in [4.69, 9.17) is 11.6 Å². The highest BCUT2D eigenvalue weighted by atomic mass is 35.5. The van der Waals surface area contributed by atoms with Crippen molar-refractivity contribution in [3.05, 3.63) is 84.4 Å². The Morgan fingerprint density at radius 2 is 2.04 bits per heavy atom. The van der Waals surface area contributed by atoms with Gasteiger partial charge in [0.05, 0.1) is 4.53 Å². The van der Waals surface area contributed by atoms with Gasteiger partial charge in [-0.1, -0.05) is 54.1 Å². The van der Waals surface area contributed by atoms with Gasteiger partial charge in [-0.25, -0.2) is 4.99 Å². The zero-order valence-corrected chi connectivity index (χ0v) is 15.9. The van der Waals surface area contributed by atoms with Crippen LogP contribution in [0.1, 0.15) is 18.1 Å². The molecule has 132 valence electrons. The molecule has 4 rings (SSSR count). The van der Waals surface area contributed by atoms with E-state index in [1.807, 2.05) is 30.3 Å². The van der Waals surface area contributed by atoms with Gasteiger partial charge < -0.3 is 4.90 Å². The van der Waals surface area contributed by atoms with Gasteiger partial charge in [0.15, 0.2) is 4.80 Å². The summed E-state index contributed by atoms with van der Waals surface area (Å²) in [6.45, 7) is 3.21. The number of fused-ring (bicyclic) bond motifs is 1. The first-order valence-electron chi connectivity index (χ1n) is 8.49. The van der Waals surface area contributed by atoms with E-state index in [1.54, 1.807) is 4.57 Å². The molecule has 0 aliphatic carbocycles. The van der Waals surface area contributed by atoms with Gasteiger partial charge in [-0.3, -0.25) is 9.36 Å². The maximum absolute atomic E-state index is 12.8. The number of hydrogen-bond acceptors (Lipinski definition) is 4. The van der Waals surface area contributed by atoms with Crippen molar-refractivity contribution in [3.63, 3.8) is 0 Å². The molecule has 0 atom stereocenters. The lowest BCUT2D eigenvalue weighted by molar-refractivity contribution is 0.569. The number of rotatable bonds is 3. The predicted molar refractivity (Wildman–Crippen MR) is 108 cm³/mol. The molecule has 3 aromatic rings. The SMILES string of the molecule is CCc1ccc(N2CN=c3s/c(=C\c4cccc(Cl)c4)c(=O)n3C2)cc1. The summed E-state index contributed by atoms with van der Waals surface area (Å²) in [5, 5.41) is 0.659. The number of nitrogens with zero attached hydrogens (tertiary/aromatic N) is 3. The van der Waals surface area contributed by atoms with Gasteiger partial charge in [-0.15, -0.1) is 0 Å². The fourth-order valence-corrected chi connectivity index (χ4v) is 4.13. The van der Waals surface area contributed by atoms with Crippen LogP contribution in [0, 0.1) is 0 Å². The molecule has 6 heteroatoms. The van der Waals surface area contributed by atoms with Crippen LogP contribution in [-0.2, 0) is 13.1 Å². The summed E-state index contributed by atoms with van der Waals surface area (Å²) in [6, 6.07) is 15.9. The fourth-order valence-electron chi connectivity index (χ4n) is 2.97. The molecule has 0 saturated heterocycles. The van der Waals surface area contributed by atoms with Gasteiger partial charge in [0.2, 0.25) is 0 Å². The quantitative estimate of drug-likeness (QED) is 0.697. The van der Waals surface area contributed by atoms with Gasteiger partial charge in [-0.05, 0) is 47.9 Å². The minimum Gasteiger partial charge on any atom is -0.334 e. The maximum atomic E-state index is 12.8. The summed E-state index contributed by atoms with van der Waals surface area (Å²) in [6.07, 6.45) is 2.89. The smallest absolute Gasteiger partial charge is 0.271 e. The molecule has 0 unspecified atom stereocenters. The normalized spacial score (nSPS) is 14.2. The van der Waals surface area contributed by atoms with Crippen LogP contribution in [0.15, 0.2) is 58.3 Å². The van der Waals surface area contributed by atoms with Gasteiger partial charge in [0.25, 0.3) is 5.56 Å². The van der Waals surface area contributed by atoms with Crippen LogP contribution in [0.3, 0.4) is 0 Å². The monoisotopic (exact) mass is 383 g/mol. The van der Waals surface area contributed by atoms with Crippen LogP contribution >= 0.6 is 22.9 Å². The highest BCUT2D eigenvalue weighted by Gasteiger charge is 2.15. The predicted octanol–water partition coefficient (Wildman–Crippen LogP) is 3.01. The Kier molecular flexibility index (Phi) is 4.66. The Morgan fingerprint density at radius 1 is 1.23 bits per heavy atom. The van der Waals surface area contributed by atoms with Crippen LogP contribution in [0.5, 0.6) is 0 Å². The van der Waals surface area contributed by atoms with Crippen molar-refractivity contribution < 1.29 is 0 Å². The van der Waals surface area contributed by atoms with Crippen molar-refractivity contribution in [2.45, 2.75) is 20.0 Å². The van der Waals surface area contributed by atoms with Crippen molar-refractivity contribution in [1.29, 1.82) is 0 Å². The summed E-state index contributed by atoms with van der Waals surface area (Å²) in [5.41, 5.74) is 3.29. The third-order valence-electron chi connectivity index (χ3n) is 4.43. The van der Waals surface area contributed by atoms with Crippen molar-refractivity contribution in [1.82, 2.24) is 4.57 Å². The average molecular weight is 384 g/mol. The summed E-state index contributed by atoms with van der Waals surface area (Å²) >= 11 is 7.46. The highest BCUT2D eigenvalue weighted by Crippen LogP contribution is 2.17. The van der Waals surface area contributed by atoms with E-state index in [9.17, 15) is 4.79 Å². The topological polar surface area (TPSA) is 37.6 Å². The molecule has 0 fully saturated rings. The van der Waals surface area contributed by atoms with Crippen LogP contribution in [-0.4, -0.2) is 11.2 Å². The Bertz CT molecular complexity index is 1120. The van der Waals surface area contributed by atoms with Crippen LogP contribution in [0.2, 0.25) is 5.02 Å². The van der Waals surface area contributed by atoms with Crippen LogP contribution < -0.4 is 19.8 Å². The van der Waals surface area contributed by atoms with Gasteiger partial charge in [0, 0.05) is 10.7 Å². The van der Waals surface area contributed by atoms with Gasteiger partial charge >= 0.3 is 0 Å². The zero-order chi connectivity index (χ0) is 18.1. The number of hydrogen-bond donors (Lipinski definition) is 0. The van der Waals surface area contributed by atoms with Crippen molar-refractivity contribution in [3.8, 4) is 0 Å². The standard InChI is InChI=1S/C20H18ClN3OS/c1-2-14-6-8-17(9-7-14)23-12-22-20-24(13-23)19(25)18(26-20)11-15-4-3-5-16(21)10-15/h3-11H,2,12-13H2,1H3/b18-11-. The number of anilines is 1. The Morgan fingerprint density at radius 3 is 2.77 bits per heavy atom. The molecule has 1 aliphatic rings. The Balaban J connectivity index is 1.68. The summed E-state index contributed by atoms with van der Waals surface area (Å²) in [4.78, 5) is 20.3. The van der Waals surface area contributed by atoms with E-state index in [0.717, 1.165) is 22.5 Å². The van der Waals surface area contributed by atoms with E-state index in [2.05, 4.69) is 41.1 Å². The lowest BCUT2D eigenvalue weighted by Crippen LogP contribution is -2.42. The zero-order valence-electron chi connectivity index (χ0n) is 14.4. The second-order valence-corrected chi connectivity index (χ2v) is 7.63. The van der Waals surface area contributed by atoms with E-state index in [0.29, 0.717) is 22.9 Å². The fraction of sp³-hybridized carbons (Fsp3) is 0.200. The third-order valence-corrected chi connectivity index (χ3v) is 5.71. The lowest BCUT2D eigenvalue weighted by Gasteiger charge is -2.25. The number of benzene rings is 2. The molecule has 2 heterocycles. The van der Waals surface area contributed by atoms with Crippen LogP contribution in [0.4, 0.5) is 5.69 Å². The Labute approximate surface area is 160 Å². The number of aromatic nitrogens is 1. The maximum Gasteiger partial charge on any atom is 0.271 e. The van der Waals surface area contributed by atoms with E-state index < -0.39 is 0 Å². The molecule has 1 aliphatic heterocycles. The Hall–Kier alpha value is -2.37. The molecule has 26 heavy (non-hydrogen) atoms. The summed E-state index contributed by atoms with van der Waals surface area (Å²) in [7, 11) is 0. The molecular weight excluding hydrogens is 366 g/mol. The largest absolute Gasteiger partial charge is 0.334 e. The molecular formula is C20H18ClN3OS. The van der Waals surface area contributed by atoms with Gasteiger partial charge in [0.1, 0.15) is 13.3 Å². The first-order chi connectivity index (χ1) is 12.6. The van der Waals surface area contributed by atoms with E-state index >= 15 is 0 Å². The third kappa shape index (κ3) is 3.32. The molecule has 0 spiro atoms. The molecule has 2 aromatic carbocycles. The van der Waals surface area contributed by atoms with Crippen molar-refractivity contribution >= 4 is 34.7 Å². The van der Waals surface area contributed by atoms with E-state index in [-0.39, 0.29) is 5.56 Å². The first-order valence-corrected chi connectivity index (χ1v) is 9.69. The molecule has 0 saturated carbocycles. The first kappa shape index (κ1) is 17.1. The molecule has 0 N–H and O–H groups in total. The number of aryl methyl sites for hydroxylation is 1. The van der Waals surface area contributed by atoms with Crippen LogP contribution in [0.25, 0.3) is 6.08 Å². The second kappa shape index (κ2) is 7.09. The van der Waals surface area contributed by atoms with Crippen molar-refractivity contribution in [2.75, 3.05) is 11.6 Å².